The number of carbonyl (C=O) groups is 2. The van der Waals surface area contributed by atoms with Crippen LogP contribution in [0, 0.1) is 11.3 Å². The Bertz CT molecular complexity index is 319. The lowest BCUT2D eigenvalue weighted by Crippen LogP contribution is -2.44. The Kier molecular flexibility index (Phi) is 5.83. The molecule has 1 fully saturated rings. The maximum absolute atomic E-state index is 12.3. The van der Waals surface area contributed by atoms with Gasteiger partial charge in [0.2, 0.25) is 5.91 Å². The lowest BCUT2D eigenvalue weighted by Gasteiger charge is -2.29. The summed E-state index contributed by atoms with van der Waals surface area (Å²) < 4.78 is 4.69. The van der Waals surface area contributed by atoms with Crippen LogP contribution in [0.2, 0.25) is 0 Å². The smallest absolute Gasteiger partial charge is 0.320 e. The number of nitrogens with zero attached hydrogens (tertiary/aromatic N) is 1. The highest BCUT2D eigenvalue weighted by Crippen LogP contribution is 2.27. The molecule has 1 aliphatic rings. The van der Waals surface area contributed by atoms with E-state index in [0.29, 0.717) is 0 Å². The maximum atomic E-state index is 12.3. The van der Waals surface area contributed by atoms with Gasteiger partial charge in [-0.2, -0.15) is 0 Å². The summed E-state index contributed by atoms with van der Waals surface area (Å²) in [6.45, 7) is 3.97. The molecule has 0 atom stereocenters. The summed E-state index contributed by atoms with van der Waals surface area (Å²) >= 11 is 0. The Morgan fingerprint density at radius 1 is 1.21 bits per heavy atom. The van der Waals surface area contributed by atoms with Crippen LogP contribution in [-0.4, -0.2) is 37.5 Å². The average molecular weight is 269 g/mol. The molecule has 4 nitrogen and oxygen atoms in total. The molecule has 0 N–H and O–H groups in total. The monoisotopic (exact) mass is 269 g/mol. The van der Waals surface area contributed by atoms with Crippen LogP contribution in [0.25, 0.3) is 0 Å². The Morgan fingerprint density at radius 2 is 1.79 bits per heavy atom. The van der Waals surface area contributed by atoms with E-state index in [2.05, 4.69) is 0 Å². The Labute approximate surface area is 116 Å². The second-order valence-electron chi connectivity index (χ2n) is 6.14. The Hall–Kier alpha value is -1.06. The Morgan fingerprint density at radius 3 is 2.32 bits per heavy atom. The number of hydrogen-bond donors (Lipinski definition) is 0. The molecule has 1 saturated carbocycles. The number of esters is 1. The van der Waals surface area contributed by atoms with Gasteiger partial charge in [-0.05, 0) is 26.2 Å². The standard InChI is InChI=1S/C15H27NO3/c1-15(2,14(18)19-4)13(17)16(3)11-10-12-8-6-5-7-9-12/h12H,5-11H2,1-4H3. The summed E-state index contributed by atoms with van der Waals surface area (Å²) in [5, 5.41) is 0. The fraction of sp³-hybridized carbons (Fsp3) is 0.867. The van der Waals surface area contributed by atoms with Crippen LogP contribution < -0.4 is 0 Å². The largest absolute Gasteiger partial charge is 0.468 e. The van der Waals surface area contributed by atoms with Crippen molar-refractivity contribution >= 4 is 11.9 Å². The molecule has 0 saturated heterocycles. The molecule has 0 unspecified atom stereocenters. The normalized spacial score (nSPS) is 17.1. The molecule has 0 bridgehead atoms. The highest BCUT2D eigenvalue weighted by atomic mass is 16.5. The maximum Gasteiger partial charge on any atom is 0.320 e. The van der Waals surface area contributed by atoms with E-state index in [9.17, 15) is 9.59 Å². The first-order chi connectivity index (χ1) is 8.89. The van der Waals surface area contributed by atoms with Crippen LogP contribution in [0.5, 0.6) is 0 Å². The van der Waals surface area contributed by atoms with Crippen molar-refractivity contribution in [1.82, 2.24) is 4.90 Å². The van der Waals surface area contributed by atoms with Gasteiger partial charge in [-0.15, -0.1) is 0 Å². The predicted octanol–water partition coefficient (Wildman–Crippen LogP) is 2.61. The van der Waals surface area contributed by atoms with E-state index >= 15 is 0 Å². The second-order valence-corrected chi connectivity index (χ2v) is 6.14. The van der Waals surface area contributed by atoms with Gasteiger partial charge in [0.15, 0.2) is 0 Å². The minimum atomic E-state index is -1.09. The van der Waals surface area contributed by atoms with Gasteiger partial charge in [-0.1, -0.05) is 32.1 Å². The zero-order valence-corrected chi connectivity index (χ0v) is 12.7. The first kappa shape index (κ1) is 16.0. The summed E-state index contributed by atoms with van der Waals surface area (Å²) in [5.41, 5.74) is -1.09. The number of methoxy groups -OCH3 is 1. The molecule has 0 aromatic heterocycles. The molecule has 1 rings (SSSR count). The summed E-state index contributed by atoms with van der Waals surface area (Å²) in [5.74, 6) is 0.113. The van der Waals surface area contributed by atoms with Gasteiger partial charge >= 0.3 is 5.97 Å². The fourth-order valence-corrected chi connectivity index (χ4v) is 2.77. The third kappa shape index (κ3) is 4.22. The lowest BCUT2D eigenvalue weighted by molar-refractivity contribution is -0.160. The van der Waals surface area contributed by atoms with E-state index in [1.807, 2.05) is 0 Å². The van der Waals surface area contributed by atoms with Crippen LogP contribution in [0.4, 0.5) is 0 Å². The minimum absolute atomic E-state index is 0.157. The van der Waals surface area contributed by atoms with Gasteiger partial charge in [-0.3, -0.25) is 9.59 Å². The van der Waals surface area contributed by atoms with E-state index in [0.717, 1.165) is 18.9 Å². The van der Waals surface area contributed by atoms with Crippen molar-refractivity contribution in [2.24, 2.45) is 11.3 Å². The minimum Gasteiger partial charge on any atom is -0.468 e. The van der Waals surface area contributed by atoms with E-state index < -0.39 is 11.4 Å². The molecule has 4 heteroatoms. The van der Waals surface area contributed by atoms with Gasteiger partial charge in [0, 0.05) is 13.6 Å². The van der Waals surface area contributed by atoms with Crippen molar-refractivity contribution in [3.05, 3.63) is 0 Å². The summed E-state index contributed by atoms with van der Waals surface area (Å²) in [6.07, 6.45) is 7.58. The average Bonchev–Trinajstić information content (AvgIpc) is 2.43. The van der Waals surface area contributed by atoms with Crippen molar-refractivity contribution < 1.29 is 14.3 Å². The van der Waals surface area contributed by atoms with Crippen LogP contribution in [0.3, 0.4) is 0 Å². The molecule has 110 valence electrons. The number of amides is 1. The van der Waals surface area contributed by atoms with Gasteiger partial charge in [0.1, 0.15) is 5.41 Å². The molecular weight excluding hydrogens is 242 g/mol. The van der Waals surface area contributed by atoms with E-state index in [1.165, 1.54) is 39.2 Å². The predicted molar refractivity (Wildman–Crippen MR) is 74.6 cm³/mol. The molecule has 0 aromatic rings. The fourth-order valence-electron chi connectivity index (χ4n) is 2.77. The second kappa shape index (κ2) is 6.92. The third-order valence-electron chi connectivity index (χ3n) is 4.17. The topological polar surface area (TPSA) is 46.6 Å². The van der Waals surface area contributed by atoms with Gasteiger partial charge < -0.3 is 9.64 Å². The molecule has 0 heterocycles. The molecule has 19 heavy (non-hydrogen) atoms. The van der Waals surface area contributed by atoms with E-state index in [-0.39, 0.29) is 5.91 Å². The third-order valence-corrected chi connectivity index (χ3v) is 4.17. The van der Waals surface area contributed by atoms with Crippen LogP contribution in [-0.2, 0) is 14.3 Å². The van der Waals surface area contributed by atoms with Crippen LogP contribution in [0.15, 0.2) is 0 Å². The Balaban J connectivity index is 2.45. The summed E-state index contributed by atoms with van der Waals surface area (Å²) in [4.78, 5) is 25.6. The number of carbonyl (C=O) groups excluding carboxylic acids is 2. The summed E-state index contributed by atoms with van der Waals surface area (Å²) in [6, 6.07) is 0. The molecule has 0 aromatic carbocycles. The SMILES string of the molecule is COC(=O)C(C)(C)C(=O)N(C)CCC1CCCCC1. The molecule has 1 aliphatic carbocycles. The van der Waals surface area contributed by atoms with Gasteiger partial charge in [0.05, 0.1) is 7.11 Å². The van der Waals surface area contributed by atoms with Gasteiger partial charge in [-0.25, -0.2) is 0 Å². The van der Waals surface area contributed by atoms with Crippen molar-refractivity contribution in [3.63, 3.8) is 0 Å². The van der Waals surface area contributed by atoms with Crippen LogP contribution >= 0.6 is 0 Å². The number of ether oxygens (including phenoxy) is 1. The van der Waals surface area contributed by atoms with Crippen LogP contribution in [0.1, 0.15) is 52.4 Å². The number of rotatable bonds is 5. The van der Waals surface area contributed by atoms with Crippen molar-refractivity contribution in [2.45, 2.75) is 52.4 Å². The molecule has 0 aliphatic heterocycles. The first-order valence-corrected chi connectivity index (χ1v) is 7.23. The number of hydrogen-bond acceptors (Lipinski definition) is 3. The van der Waals surface area contributed by atoms with E-state index in [1.54, 1.807) is 25.8 Å². The zero-order valence-electron chi connectivity index (χ0n) is 12.7. The van der Waals surface area contributed by atoms with Crippen molar-refractivity contribution in [1.29, 1.82) is 0 Å². The molecule has 0 radical (unpaired) electrons. The molecule has 0 spiro atoms. The quantitative estimate of drug-likeness (QED) is 0.569. The highest BCUT2D eigenvalue weighted by Gasteiger charge is 2.39. The molecular formula is C15H27NO3. The lowest BCUT2D eigenvalue weighted by atomic mass is 9.86. The van der Waals surface area contributed by atoms with Crippen molar-refractivity contribution in [2.75, 3.05) is 20.7 Å². The highest BCUT2D eigenvalue weighted by molar-refractivity contribution is 6.01. The van der Waals surface area contributed by atoms with E-state index in [4.69, 9.17) is 4.74 Å². The summed E-state index contributed by atoms with van der Waals surface area (Å²) in [7, 11) is 3.09. The molecule has 1 amide bonds. The van der Waals surface area contributed by atoms with Gasteiger partial charge in [0.25, 0.3) is 0 Å². The first-order valence-electron chi connectivity index (χ1n) is 7.23. The van der Waals surface area contributed by atoms with Crippen molar-refractivity contribution in [3.8, 4) is 0 Å². The zero-order chi connectivity index (χ0) is 14.5.